The maximum atomic E-state index is 5.91. The largest absolute Gasteiger partial charge is 0.531 e. The van der Waals surface area contributed by atoms with Gasteiger partial charge in [0.25, 0.3) is 0 Å². The molecule has 1 rings (SSSR count). The molecule has 0 aliphatic rings. The Balaban J connectivity index is 2.44. The van der Waals surface area contributed by atoms with Crippen LogP contribution in [0.3, 0.4) is 0 Å². The van der Waals surface area contributed by atoms with Crippen molar-refractivity contribution in [3.63, 3.8) is 0 Å². The molecular formula is C14H27NO2Si2. The van der Waals surface area contributed by atoms with Crippen LogP contribution in [0, 0.1) is 0 Å². The molecule has 0 aliphatic carbocycles. The highest BCUT2D eigenvalue weighted by molar-refractivity contribution is 6.70. The molecule has 5 heteroatoms. The summed E-state index contributed by atoms with van der Waals surface area (Å²) in [6, 6.07) is 4.12. The number of hydrogen-bond acceptors (Lipinski definition) is 3. The van der Waals surface area contributed by atoms with Crippen LogP contribution in [0.2, 0.25) is 39.3 Å². The van der Waals surface area contributed by atoms with Crippen molar-refractivity contribution in [2.75, 3.05) is 6.61 Å². The van der Waals surface area contributed by atoms with E-state index in [0.717, 1.165) is 25.3 Å². The number of aromatic nitrogens is 1. The minimum absolute atomic E-state index is 0.766. The molecule has 0 bridgehead atoms. The predicted molar refractivity (Wildman–Crippen MR) is 85.8 cm³/mol. The molecule has 0 N–H and O–H groups in total. The van der Waals surface area contributed by atoms with Gasteiger partial charge in [0.2, 0.25) is 8.32 Å². The second kappa shape index (κ2) is 6.68. The van der Waals surface area contributed by atoms with E-state index in [2.05, 4.69) is 56.4 Å². The fourth-order valence-corrected chi connectivity index (χ4v) is 3.13. The van der Waals surface area contributed by atoms with Crippen molar-refractivity contribution in [1.82, 2.24) is 4.98 Å². The van der Waals surface area contributed by atoms with E-state index in [9.17, 15) is 0 Å². The smallest absolute Gasteiger partial charge is 0.244 e. The Morgan fingerprint density at radius 2 is 1.74 bits per heavy atom. The van der Waals surface area contributed by atoms with Gasteiger partial charge in [0.05, 0.1) is 0 Å². The molecule has 0 saturated carbocycles. The molecule has 0 unspecified atom stereocenters. The first-order valence-corrected chi connectivity index (χ1v) is 13.8. The molecule has 1 aromatic rings. The van der Waals surface area contributed by atoms with Gasteiger partial charge in [0, 0.05) is 18.9 Å². The van der Waals surface area contributed by atoms with Crippen LogP contribution in [0.5, 0.6) is 5.88 Å². The van der Waals surface area contributed by atoms with E-state index >= 15 is 0 Å². The summed E-state index contributed by atoms with van der Waals surface area (Å²) in [5.74, 6) is 0.766. The topological polar surface area (TPSA) is 31.4 Å². The van der Waals surface area contributed by atoms with Gasteiger partial charge >= 0.3 is 0 Å². The van der Waals surface area contributed by atoms with Gasteiger partial charge in [-0.3, -0.25) is 0 Å². The van der Waals surface area contributed by atoms with Gasteiger partial charge in [-0.25, -0.2) is 4.98 Å². The molecule has 0 spiro atoms. The van der Waals surface area contributed by atoms with Gasteiger partial charge in [0.15, 0.2) is 14.2 Å². The van der Waals surface area contributed by atoms with Crippen LogP contribution in [-0.4, -0.2) is 28.2 Å². The first-order valence-electron chi connectivity index (χ1n) is 6.94. The molecule has 0 fully saturated rings. The fourth-order valence-electron chi connectivity index (χ4n) is 1.63. The molecule has 0 aromatic carbocycles. The predicted octanol–water partition coefficient (Wildman–Crippen LogP) is 4.08. The van der Waals surface area contributed by atoms with Gasteiger partial charge in [-0.2, -0.15) is 0 Å². The second-order valence-corrected chi connectivity index (χ2v) is 15.7. The third-order valence-corrected chi connectivity index (χ3v) is 4.25. The summed E-state index contributed by atoms with van der Waals surface area (Å²) in [5, 5.41) is 0. The fraction of sp³-hybridized carbons (Fsp3) is 0.643. The normalized spacial score (nSPS) is 12.5. The molecule has 0 saturated heterocycles. The lowest BCUT2D eigenvalue weighted by atomic mass is 10.1. The number of hydrogen-bond donors (Lipinski definition) is 0. The van der Waals surface area contributed by atoms with E-state index in [4.69, 9.17) is 8.85 Å². The van der Waals surface area contributed by atoms with E-state index < -0.39 is 16.6 Å². The number of pyridine rings is 1. The lowest BCUT2D eigenvalue weighted by Gasteiger charge is -2.19. The maximum Gasteiger partial charge on any atom is 0.244 e. The molecule has 3 nitrogen and oxygen atoms in total. The van der Waals surface area contributed by atoms with Crippen molar-refractivity contribution in [3.8, 4) is 5.88 Å². The molecule has 0 amide bonds. The van der Waals surface area contributed by atoms with Crippen LogP contribution in [0.15, 0.2) is 18.3 Å². The molecule has 1 heterocycles. The van der Waals surface area contributed by atoms with Gasteiger partial charge in [-0.05, 0) is 63.8 Å². The van der Waals surface area contributed by atoms with Crippen molar-refractivity contribution in [2.45, 2.75) is 52.1 Å². The number of rotatable bonds is 7. The minimum Gasteiger partial charge on any atom is -0.531 e. The van der Waals surface area contributed by atoms with Crippen LogP contribution in [0.4, 0.5) is 0 Å². The zero-order valence-electron chi connectivity index (χ0n) is 13.1. The van der Waals surface area contributed by atoms with E-state index in [0.29, 0.717) is 0 Å². The first-order chi connectivity index (χ1) is 8.66. The Kier molecular flexibility index (Phi) is 5.76. The Bertz CT molecular complexity index is 397. The zero-order chi connectivity index (χ0) is 14.5. The highest BCUT2D eigenvalue weighted by Gasteiger charge is 2.17. The Labute approximate surface area is 119 Å². The average molecular weight is 298 g/mol. The SMILES string of the molecule is C[Si](C)(C)OCCCc1ccnc(O[Si](C)(C)C)c1. The van der Waals surface area contributed by atoms with Gasteiger partial charge in [0.1, 0.15) is 0 Å². The van der Waals surface area contributed by atoms with Crippen molar-refractivity contribution >= 4 is 16.6 Å². The van der Waals surface area contributed by atoms with Crippen LogP contribution in [0.1, 0.15) is 12.0 Å². The molecule has 0 aliphatic heterocycles. The Morgan fingerprint density at radius 3 is 2.32 bits per heavy atom. The molecule has 0 atom stereocenters. The minimum atomic E-state index is -1.57. The molecular weight excluding hydrogens is 270 g/mol. The van der Waals surface area contributed by atoms with Crippen molar-refractivity contribution < 1.29 is 8.85 Å². The summed E-state index contributed by atoms with van der Waals surface area (Å²) in [4.78, 5) is 4.28. The van der Waals surface area contributed by atoms with E-state index in [-0.39, 0.29) is 0 Å². The van der Waals surface area contributed by atoms with Crippen LogP contribution < -0.4 is 4.43 Å². The van der Waals surface area contributed by atoms with E-state index in [1.165, 1.54) is 5.56 Å². The van der Waals surface area contributed by atoms with E-state index in [1.807, 2.05) is 6.20 Å². The highest BCUT2D eigenvalue weighted by atomic mass is 28.4. The molecule has 0 radical (unpaired) electrons. The zero-order valence-corrected chi connectivity index (χ0v) is 15.1. The molecule has 1 aromatic heterocycles. The maximum absolute atomic E-state index is 5.91. The lowest BCUT2D eigenvalue weighted by molar-refractivity contribution is 0.305. The van der Waals surface area contributed by atoms with Gasteiger partial charge in [-0.1, -0.05) is 0 Å². The Morgan fingerprint density at radius 1 is 1.05 bits per heavy atom. The Hall–Kier alpha value is -0.656. The van der Waals surface area contributed by atoms with Crippen LogP contribution in [0.25, 0.3) is 0 Å². The van der Waals surface area contributed by atoms with Crippen LogP contribution in [-0.2, 0) is 10.8 Å². The number of aryl methyl sites for hydroxylation is 1. The van der Waals surface area contributed by atoms with Gasteiger partial charge < -0.3 is 8.85 Å². The standard InChI is InChI=1S/C14H27NO2Si2/c1-18(2,3)16-11-7-8-13-9-10-15-14(12-13)17-19(4,5)6/h9-10,12H,7-8,11H2,1-6H3. The molecule has 19 heavy (non-hydrogen) atoms. The summed E-state index contributed by atoms with van der Waals surface area (Å²) in [7, 11) is -2.94. The third-order valence-electron chi connectivity index (χ3n) is 2.35. The number of nitrogens with zero attached hydrogens (tertiary/aromatic N) is 1. The summed E-state index contributed by atoms with van der Waals surface area (Å²) >= 11 is 0. The van der Waals surface area contributed by atoms with Crippen molar-refractivity contribution in [1.29, 1.82) is 0 Å². The highest BCUT2D eigenvalue weighted by Crippen LogP contribution is 2.15. The summed E-state index contributed by atoms with van der Waals surface area (Å²) in [6.45, 7) is 14.0. The summed E-state index contributed by atoms with van der Waals surface area (Å²) in [5.41, 5.74) is 1.28. The van der Waals surface area contributed by atoms with E-state index in [1.54, 1.807) is 0 Å². The third kappa shape index (κ3) is 8.18. The quantitative estimate of drug-likeness (QED) is 0.561. The monoisotopic (exact) mass is 297 g/mol. The molecule has 108 valence electrons. The summed E-state index contributed by atoms with van der Waals surface area (Å²) < 4.78 is 11.8. The van der Waals surface area contributed by atoms with Gasteiger partial charge in [-0.15, -0.1) is 0 Å². The van der Waals surface area contributed by atoms with Crippen molar-refractivity contribution in [3.05, 3.63) is 23.9 Å². The average Bonchev–Trinajstić information content (AvgIpc) is 2.21. The van der Waals surface area contributed by atoms with Crippen molar-refractivity contribution in [2.24, 2.45) is 0 Å². The second-order valence-electron chi connectivity index (χ2n) is 6.78. The van der Waals surface area contributed by atoms with Crippen LogP contribution >= 0.6 is 0 Å². The summed E-state index contributed by atoms with van der Waals surface area (Å²) in [6.07, 6.45) is 3.92. The first kappa shape index (κ1) is 16.4. The lowest BCUT2D eigenvalue weighted by Crippen LogP contribution is -2.29.